The van der Waals surface area contributed by atoms with Crippen molar-refractivity contribution < 1.29 is 19.1 Å². The molecule has 0 aliphatic heterocycles. The molecule has 0 saturated carbocycles. The Morgan fingerprint density at radius 2 is 2.00 bits per heavy atom. The minimum Gasteiger partial charge on any atom is -0.494 e. The van der Waals surface area contributed by atoms with E-state index in [1.165, 1.54) is 0 Å². The van der Waals surface area contributed by atoms with Crippen molar-refractivity contribution in [2.24, 2.45) is 5.92 Å². The molecule has 25 heavy (non-hydrogen) atoms. The van der Waals surface area contributed by atoms with Gasteiger partial charge in [-0.2, -0.15) is 0 Å². The first kappa shape index (κ1) is 20.9. The first-order valence-electron chi connectivity index (χ1n) is 8.13. The zero-order valence-corrected chi connectivity index (χ0v) is 15.6. The Kier molecular flexibility index (Phi) is 9.49. The Morgan fingerprint density at radius 1 is 1.24 bits per heavy atom. The fraction of sp³-hybridized carbons (Fsp3) is 0.471. The number of rotatable bonds is 8. The van der Waals surface area contributed by atoms with E-state index in [9.17, 15) is 9.59 Å². The third kappa shape index (κ3) is 9.02. The van der Waals surface area contributed by atoms with Crippen molar-refractivity contribution >= 4 is 29.1 Å². The summed E-state index contributed by atoms with van der Waals surface area (Å²) in [7, 11) is 0. The minimum atomic E-state index is -0.397. The predicted octanol–water partition coefficient (Wildman–Crippen LogP) is 1.78. The Hall–Kier alpha value is -2.19. The lowest BCUT2D eigenvalue weighted by Gasteiger charge is -2.12. The molecule has 0 heterocycles. The molecule has 0 saturated heterocycles. The summed E-state index contributed by atoms with van der Waals surface area (Å²) >= 11 is 4.96. The Balaban J connectivity index is 2.45. The van der Waals surface area contributed by atoms with Gasteiger partial charge in [-0.3, -0.25) is 25.8 Å². The maximum Gasteiger partial charge on any atom is 0.264 e. The minimum absolute atomic E-state index is 0.0130. The van der Waals surface area contributed by atoms with E-state index in [1.54, 1.807) is 31.2 Å². The van der Waals surface area contributed by atoms with Gasteiger partial charge in [0.2, 0.25) is 0 Å². The second-order valence-electron chi connectivity index (χ2n) is 5.65. The van der Waals surface area contributed by atoms with Gasteiger partial charge in [0, 0.05) is 12.2 Å². The van der Waals surface area contributed by atoms with Gasteiger partial charge in [-0.15, -0.1) is 0 Å². The summed E-state index contributed by atoms with van der Waals surface area (Å²) in [6.45, 7) is 6.96. The molecule has 1 rings (SSSR count). The molecule has 0 fully saturated rings. The van der Waals surface area contributed by atoms with E-state index in [-0.39, 0.29) is 17.6 Å². The van der Waals surface area contributed by atoms with Crippen molar-refractivity contribution in [3.05, 3.63) is 29.8 Å². The fourth-order valence-electron chi connectivity index (χ4n) is 1.70. The maximum absolute atomic E-state index is 12.2. The van der Waals surface area contributed by atoms with Gasteiger partial charge >= 0.3 is 0 Å². The van der Waals surface area contributed by atoms with Gasteiger partial charge < -0.3 is 9.47 Å². The van der Waals surface area contributed by atoms with Gasteiger partial charge in [0.15, 0.2) is 5.11 Å². The summed E-state index contributed by atoms with van der Waals surface area (Å²) in [6.07, 6.45) is 0.936. The SMILES string of the molecule is CCOCC(=O)NNC(=S)NC(=O)c1cccc(OCCC(C)C)c1. The van der Waals surface area contributed by atoms with Gasteiger partial charge in [-0.1, -0.05) is 19.9 Å². The zero-order chi connectivity index (χ0) is 18.7. The smallest absolute Gasteiger partial charge is 0.264 e. The summed E-state index contributed by atoms with van der Waals surface area (Å²) in [5.74, 6) is 0.384. The molecular weight excluding hydrogens is 342 g/mol. The molecule has 0 bridgehead atoms. The summed E-state index contributed by atoms with van der Waals surface area (Å²) in [6, 6.07) is 6.83. The third-order valence-corrected chi connectivity index (χ3v) is 3.24. The zero-order valence-electron chi connectivity index (χ0n) is 14.8. The number of nitrogens with one attached hydrogen (secondary N) is 3. The van der Waals surface area contributed by atoms with Crippen molar-refractivity contribution in [2.45, 2.75) is 27.2 Å². The van der Waals surface area contributed by atoms with Crippen molar-refractivity contribution in [1.29, 1.82) is 0 Å². The molecule has 0 aromatic heterocycles. The number of carbonyl (C=O) groups is 2. The fourth-order valence-corrected chi connectivity index (χ4v) is 1.85. The second-order valence-corrected chi connectivity index (χ2v) is 6.06. The number of ether oxygens (including phenoxy) is 2. The standard InChI is InChI=1S/C17H25N3O4S/c1-4-23-11-15(21)19-20-17(25)18-16(22)13-6-5-7-14(10-13)24-9-8-12(2)3/h5-7,10,12H,4,8-9,11H2,1-3H3,(H,19,21)(H2,18,20,22,25). The monoisotopic (exact) mass is 367 g/mol. The number of amides is 2. The molecule has 3 N–H and O–H groups in total. The van der Waals surface area contributed by atoms with Crippen LogP contribution in [0.25, 0.3) is 0 Å². The molecule has 1 aromatic carbocycles. The second kappa shape index (κ2) is 11.4. The Morgan fingerprint density at radius 3 is 2.68 bits per heavy atom. The van der Waals surface area contributed by atoms with E-state index in [1.807, 2.05) is 0 Å². The highest BCUT2D eigenvalue weighted by atomic mass is 32.1. The van der Waals surface area contributed by atoms with Crippen LogP contribution in [0.3, 0.4) is 0 Å². The van der Waals surface area contributed by atoms with Crippen LogP contribution in [0.5, 0.6) is 5.75 Å². The number of thiocarbonyl (C=S) groups is 1. The average Bonchev–Trinajstić information content (AvgIpc) is 2.58. The van der Waals surface area contributed by atoms with Crippen LogP contribution in [0, 0.1) is 5.92 Å². The molecule has 0 aliphatic carbocycles. The largest absolute Gasteiger partial charge is 0.494 e. The first-order valence-corrected chi connectivity index (χ1v) is 8.54. The number of hydrogen-bond donors (Lipinski definition) is 3. The van der Waals surface area contributed by atoms with E-state index in [2.05, 4.69) is 30.0 Å². The van der Waals surface area contributed by atoms with Crippen LogP contribution in [-0.2, 0) is 9.53 Å². The summed E-state index contributed by atoms with van der Waals surface area (Å²) in [4.78, 5) is 23.5. The lowest BCUT2D eigenvalue weighted by molar-refractivity contribution is -0.126. The molecule has 0 atom stereocenters. The molecule has 1 aromatic rings. The summed E-state index contributed by atoms with van der Waals surface area (Å²) < 4.78 is 10.6. The molecule has 0 aliphatic rings. The summed E-state index contributed by atoms with van der Waals surface area (Å²) in [5.41, 5.74) is 5.18. The van der Waals surface area contributed by atoms with Crippen LogP contribution in [-0.4, -0.2) is 36.7 Å². The lowest BCUT2D eigenvalue weighted by atomic mass is 10.1. The van der Waals surface area contributed by atoms with E-state index in [0.717, 1.165) is 6.42 Å². The predicted molar refractivity (Wildman–Crippen MR) is 99.2 cm³/mol. The molecule has 0 spiro atoms. The molecule has 7 nitrogen and oxygen atoms in total. The number of benzene rings is 1. The Bertz CT molecular complexity index is 593. The highest BCUT2D eigenvalue weighted by molar-refractivity contribution is 7.80. The van der Waals surface area contributed by atoms with Crippen LogP contribution in [0.4, 0.5) is 0 Å². The highest BCUT2D eigenvalue weighted by Crippen LogP contribution is 2.14. The lowest BCUT2D eigenvalue weighted by Crippen LogP contribution is -2.49. The van der Waals surface area contributed by atoms with E-state index in [4.69, 9.17) is 21.7 Å². The average molecular weight is 367 g/mol. The third-order valence-electron chi connectivity index (χ3n) is 3.04. The highest BCUT2D eigenvalue weighted by Gasteiger charge is 2.10. The van der Waals surface area contributed by atoms with Crippen LogP contribution in [0.2, 0.25) is 0 Å². The van der Waals surface area contributed by atoms with Crippen LogP contribution in [0.15, 0.2) is 24.3 Å². The number of carbonyl (C=O) groups excluding carboxylic acids is 2. The quantitative estimate of drug-likeness (QED) is 0.479. The van der Waals surface area contributed by atoms with Gasteiger partial charge in [-0.05, 0) is 49.7 Å². The molecule has 138 valence electrons. The molecule has 8 heteroatoms. The maximum atomic E-state index is 12.2. The normalized spacial score (nSPS) is 10.2. The Labute approximate surface area is 153 Å². The van der Waals surface area contributed by atoms with Crippen molar-refractivity contribution in [3.8, 4) is 5.75 Å². The summed E-state index contributed by atoms with van der Waals surface area (Å²) in [5, 5.41) is 2.47. The first-order chi connectivity index (χ1) is 11.9. The molecular formula is C17H25N3O4S. The topological polar surface area (TPSA) is 88.7 Å². The molecule has 0 unspecified atom stereocenters. The van der Waals surface area contributed by atoms with Crippen molar-refractivity contribution in [3.63, 3.8) is 0 Å². The van der Waals surface area contributed by atoms with E-state index < -0.39 is 5.91 Å². The van der Waals surface area contributed by atoms with Crippen LogP contribution >= 0.6 is 12.2 Å². The van der Waals surface area contributed by atoms with E-state index in [0.29, 0.717) is 30.4 Å². The van der Waals surface area contributed by atoms with Gasteiger partial charge in [0.05, 0.1) is 6.61 Å². The van der Waals surface area contributed by atoms with Gasteiger partial charge in [-0.25, -0.2) is 0 Å². The van der Waals surface area contributed by atoms with Crippen molar-refractivity contribution in [1.82, 2.24) is 16.2 Å². The van der Waals surface area contributed by atoms with Gasteiger partial charge in [0.1, 0.15) is 12.4 Å². The number of hydrogen-bond acceptors (Lipinski definition) is 5. The van der Waals surface area contributed by atoms with Crippen LogP contribution in [0.1, 0.15) is 37.6 Å². The van der Waals surface area contributed by atoms with E-state index >= 15 is 0 Å². The van der Waals surface area contributed by atoms with Crippen molar-refractivity contribution in [2.75, 3.05) is 19.8 Å². The number of hydrazine groups is 1. The van der Waals surface area contributed by atoms with Gasteiger partial charge in [0.25, 0.3) is 11.8 Å². The molecule has 0 radical (unpaired) electrons. The molecule has 2 amide bonds. The van der Waals surface area contributed by atoms with Crippen LogP contribution < -0.4 is 20.9 Å².